The van der Waals surface area contributed by atoms with E-state index in [-0.39, 0.29) is 22.4 Å². The molecule has 1 aromatic heterocycles. The van der Waals surface area contributed by atoms with Crippen molar-refractivity contribution in [3.63, 3.8) is 0 Å². The van der Waals surface area contributed by atoms with Crippen molar-refractivity contribution in [2.75, 3.05) is 4.90 Å². The number of aromatic nitrogens is 2. The summed E-state index contributed by atoms with van der Waals surface area (Å²) in [4.78, 5) is 28.7. The standard InChI is InChI=1S/C37H31Cl2N3O4S2/c1-21(2)23-8-10-24(11-9-23)32-31(33(43)25-13-16-29(17-14-25)46-19-26-7-5-4-6-22(26)3)34(44)35(45)42(32)36-40-41-37(48-36)47-20-27-12-15-28(38)18-30(27)39/h4-18,21,32,43H,19-20H2,1-3H3/b33-31+. The molecule has 1 aliphatic heterocycles. The summed E-state index contributed by atoms with van der Waals surface area (Å²) in [5.41, 5.74) is 5.20. The van der Waals surface area contributed by atoms with Gasteiger partial charge < -0.3 is 9.84 Å². The number of anilines is 1. The summed E-state index contributed by atoms with van der Waals surface area (Å²) in [7, 11) is 0. The Kier molecular flexibility index (Phi) is 10.2. The lowest BCUT2D eigenvalue weighted by molar-refractivity contribution is -0.132. The summed E-state index contributed by atoms with van der Waals surface area (Å²) in [6, 6.07) is 26.9. The lowest BCUT2D eigenvalue weighted by Gasteiger charge is -2.23. The second-order valence-corrected chi connectivity index (χ2v) is 14.6. The maximum atomic E-state index is 13.7. The number of amides is 1. The van der Waals surface area contributed by atoms with Crippen molar-refractivity contribution < 1.29 is 19.4 Å². The van der Waals surface area contributed by atoms with Crippen molar-refractivity contribution in [3.8, 4) is 5.75 Å². The van der Waals surface area contributed by atoms with Crippen LogP contribution in [-0.4, -0.2) is 27.0 Å². The molecule has 1 saturated heterocycles. The number of aryl methyl sites for hydroxylation is 1. The number of carbonyl (C=O) groups is 2. The molecular weight excluding hydrogens is 685 g/mol. The minimum Gasteiger partial charge on any atom is -0.507 e. The molecule has 0 bridgehead atoms. The number of ketones is 1. The second-order valence-electron chi connectivity index (χ2n) is 11.6. The molecule has 48 heavy (non-hydrogen) atoms. The van der Waals surface area contributed by atoms with Crippen LogP contribution in [-0.2, 0) is 21.9 Å². The Morgan fingerprint density at radius 2 is 1.69 bits per heavy atom. The van der Waals surface area contributed by atoms with Gasteiger partial charge in [-0.05, 0) is 77.1 Å². The van der Waals surface area contributed by atoms with Crippen molar-refractivity contribution in [1.29, 1.82) is 0 Å². The summed E-state index contributed by atoms with van der Waals surface area (Å²) >= 11 is 15.0. The Morgan fingerprint density at radius 3 is 2.38 bits per heavy atom. The van der Waals surface area contributed by atoms with Gasteiger partial charge in [-0.3, -0.25) is 14.5 Å². The molecular formula is C37H31Cl2N3O4S2. The molecule has 1 N–H and O–H groups in total. The number of thioether (sulfide) groups is 1. The quantitative estimate of drug-likeness (QED) is 0.0506. The minimum atomic E-state index is -0.917. The van der Waals surface area contributed by atoms with Gasteiger partial charge in [0.1, 0.15) is 18.1 Å². The number of carbonyl (C=O) groups excluding carboxylic acids is 2. The van der Waals surface area contributed by atoms with Crippen molar-refractivity contribution in [2.45, 2.75) is 49.4 Å². The molecule has 244 valence electrons. The van der Waals surface area contributed by atoms with E-state index in [0.717, 1.165) is 22.3 Å². The van der Waals surface area contributed by atoms with Gasteiger partial charge >= 0.3 is 5.91 Å². The topological polar surface area (TPSA) is 92.6 Å². The van der Waals surface area contributed by atoms with E-state index in [0.29, 0.717) is 43.6 Å². The molecule has 1 atom stereocenters. The molecule has 6 rings (SSSR count). The predicted molar refractivity (Wildman–Crippen MR) is 193 cm³/mol. The number of hydrogen-bond acceptors (Lipinski definition) is 8. The van der Waals surface area contributed by atoms with Gasteiger partial charge in [0, 0.05) is 21.4 Å². The zero-order valence-electron chi connectivity index (χ0n) is 26.3. The molecule has 1 fully saturated rings. The van der Waals surface area contributed by atoms with Crippen LogP contribution < -0.4 is 9.64 Å². The molecule has 4 aromatic carbocycles. The van der Waals surface area contributed by atoms with E-state index < -0.39 is 17.7 Å². The van der Waals surface area contributed by atoms with E-state index in [1.807, 2.05) is 61.5 Å². The van der Waals surface area contributed by atoms with E-state index in [9.17, 15) is 14.7 Å². The van der Waals surface area contributed by atoms with Gasteiger partial charge in [-0.25, -0.2) is 0 Å². The summed E-state index contributed by atoms with van der Waals surface area (Å²) in [5.74, 6) is -0.475. The third-order valence-electron chi connectivity index (χ3n) is 8.11. The molecule has 2 heterocycles. The Hall–Kier alpha value is -4.15. The number of halogens is 2. The van der Waals surface area contributed by atoms with Crippen LogP contribution in [0.25, 0.3) is 5.76 Å². The van der Waals surface area contributed by atoms with Crippen LogP contribution >= 0.6 is 46.3 Å². The first-order valence-electron chi connectivity index (χ1n) is 15.2. The molecule has 0 radical (unpaired) electrons. The fourth-order valence-corrected chi connectivity index (χ4v) is 7.77. The summed E-state index contributed by atoms with van der Waals surface area (Å²) in [6.45, 7) is 6.60. The van der Waals surface area contributed by atoms with Crippen molar-refractivity contribution in [2.24, 2.45) is 0 Å². The van der Waals surface area contributed by atoms with Gasteiger partial charge in [0.2, 0.25) is 5.13 Å². The van der Waals surface area contributed by atoms with Crippen molar-refractivity contribution >= 4 is 68.9 Å². The maximum Gasteiger partial charge on any atom is 0.301 e. The van der Waals surface area contributed by atoms with Crippen LogP contribution in [0.1, 0.15) is 59.2 Å². The zero-order chi connectivity index (χ0) is 33.9. The van der Waals surface area contributed by atoms with Crippen LogP contribution in [0.3, 0.4) is 0 Å². The average Bonchev–Trinajstić information content (AvgIpc) is 3.65. The SMILES string of the molecule is Cc1ccccc1COc1ccc(/C(O)=C2\C(=O)C(=O)N(c3nnc(SCc4ccc(Cl)cc4Cl)s3)C2c2ccc(C(C)C)cc2)cc1. The number of aliphatic hydroxyl groups is 1. The summed E-state index contributed by atoms with van der Waals surface area (Å²) in [5, 5.41) is 21.6. The Morgan fingerprint density at radius 1 is 0.958 bits per heavy atom. The van der Waals surface area contributed by atoms with Crippen LogP contribution in [0, 0.1) is 6.92 Å². The average molecular weight is 717 g/mol. The number of ether oxygens (including phenoxy) is 1. The van der Waals surface area contributed by atoms with E-state index >= 15 is 0 Å². The molecule has 1 amide bonds. The molecule has 0 saturated carbocycles. The number of aliphatic hydroxyl groups excluding tert-OH is 1. The van der Waals surface area contributed by atoms with Gasteiger partial charge in [-0.15, -0.1) is 10.2 Å². The van der Waals surface area contributed by atoms with Gasteiger partial charge in [0.25, 0.3) is 5.78 Å². The monoisotopic (exact) mass is 715 g/mol. The number of Topliss-reactive ketones (excluding diaryl/α,β-unsaturated/α-hetero) is 1. The third kappa shape index (κ3) is 7.15. The van der Waals surface area contributed by atoms with Gasteiger partial charge in [0.05, 0.1) is 11.6 Å². The summed E-state index contributed by atoms with van der Waals surface area (Å²) in [6.07, 6.45) is 0. The molecule has 0 aliphatic carbocycles. The second kappa shape index (κ2) is 14.5. The molecule has 7 nitrogen and oxygen atoms in total. The van der Waals surface area contributed by atoms with Gasteiger partial charge in [-0.2, -0.15) is 0 Å². The summed E-state index contributed by atoms with van der Waals surface area (Å²) < 4.78 is 6.56. The number of nitrogens with zero attached hydrogens (tertiary/aromatic N) is 3. The lowest BCUT2D eigenvalue weighted by atomic mass is 9.93. The van der Waals surface area contributed by atoms with Crippen molar-refractivity contribution in [1.82, 2.24) is 10.2 Å². The minimum absolute atomic E-state index is 0.0248. The fourth-order valence-electron chi connectivity index (χ4n) is 5.34. The largest absolute Gasteiger partial charge is 0.507 e. The third-order valence-corrected chi connectivity index (χ3v) is 10.8. The number of rotatable bonds is 10. The highest BCUT2D eigenvalue weighted by molar-refractivity contribution is 8.00. The first-order valence-corrected chi connectivity index (χ1v) is 17.8. The van der Waals surface area contributed by atoms with Crippen LogP contribution in [0.5, 0.6) is 5.75 Å². The van der Waals surface area contributed by atoms with Crippen molar-refractivity contribution in [3.05, 3.63) is 140 Å². The molecule has 1 unspecified atom stereocenters. The van der Waals surface area contributed by atoms with E-state index in [2.05, 4.69) is 24.0 Å². The molecule has 1 aliphatic rings. The van der Waals surface area contributed by atoms with Crippen LogP contribution in [0.2, 0.25) is 10.0 Å². The highest BCUT2D eigenvalue weighted by Gasteiger charge is 2.48. The highest BCUT2D eigenvalue weighted by atomic mass is 35.5. The maximum absolute atomic E-state index is 13.7. The van der Waals surface area contributed by atoms with Crippen LogP contribution in [0.4, 0.5) is 5.13 Å². The first kappa shape index (κ1) is 33.7. The Balaban J connectivity index is 1.31. The molecule has 5 aromatic rings. The van der Waals surface area contributed by atoms with Gasteiger partial charge in [0.15, 0.2) is 4.34 Å². The number of benzene rings is 4. The van der Waals surface area contributed by atoms with Crippen LogP contribution in [0.15, 0.2) is 101 Å². The fraction of sp³-hybridized carbons (Fsp3) is 0.189. The Labute approximate surface area is 297 Å². The zero-order valence-corrected chi connectivity index (χ0v) is 29.5. The highest BCUT2D eigenvalue weighted by Crippen LogP contribution is 2.44. The normalized spacial score (nSPS) is 15.8. The Bertz CT molecular complexity index is 2010. The lowest BCUT2D eigenvalue weighted by Crippen LogP contribution is -2.29. The molecule has 0 spiro atoms. The van der Waals surface area contributed by atoms with E-state index in [1.54, 1.807) is 36.4 Å². The van der Waals surface area contributed by atoms with E-state index in [4.69, 9.17) is 27.9 Å². The number of hydrogen-bond donors (Lipinski definition) is 1. The van der Waals surface area contributed by atoms with E-state index in [1.165, 1.54) is 28.0 Å². The smallest absolute Gasteiger partial charge is 0.301 e. The molecule has 11 heteroatoms. The first-order chi connectivity index (χ1) is 23.1. The van der Waals surface area contributed by atoms with Gasteiger partial charge in [-0.1, -0.05) is 115 Å². The predicted octanol–water partition coefficient (Wildman–Crippen LogP) is 9.77.